The van der Waals surface area contributed by atoms with E-state index in [2.05, 4.69) is 0 Å². The number of non-ortho nitro benzene ring substituents is 1. The summed E-state index contributed by atoms with van der Waals surface area (Å²) >= 11 is 0. The van der Waals surface area contributed by atoms with Gasteiger partial charge in [0.25, 0.3) is 5.69 Å². The highest BCUT2D eigenvalue weighted by molar-refractivity contribution is 5.50. The molecule has 0 aliphatic heterocycles. The minimum absolute atomic E-state index is 0.113. The molecule has 0 saturated heterocycles. The predicted octanol–water partition coefficient (Wildman–Crippen LogP) is 2.64. The van der Waals surface area contributed by atoms with Crippen molar-refractivity contribution in [2.45, 2.75) is 26.4 Å². The van der Waals surface area contributed by atoms with Crippen LogP contribution in [0.5, 0.6) is 5.75 Å². The van der Waals surface area contributed by atoms with Crippen LogP contribution in [0.4, 0.5) is 5.69 Å². The molecular formula is C11H12N2O3. The number of benzene rings is 1. The molecule has 1 aromatic rings. The molecule has 0 radical (unpaired) electrons. The molecule has 1 rings (SSSR count). The maximum atomic E-state index is 10.5. The Morgan fingerprint density at radius 2 is 2.06 bits per heavy atom. The van der Waals surface area contributed by atoms with Gasteiger partial charge in [0.1, 0.15) is 23.0 Å². The standard InChI is InChI=1S/C11H12N2O3/c1-11(2,3)16-10-5-4-9(13(14)15)6-8(10)7-12/h4-6H,1-3H3. The number of rotatable bonds is 2. The van der Waals surface area contributed by atoms with E-state index in [1.54, 1.807) is 0 Å². The molecule has 0 amide bonds. The monoisotopic (exact) mass is 220 g/mol. The highest BCUT2D eigenvalue weighted by atomic mass is 16.6. The molecule has 0 atom stereocenters. The minimum Gasteiger partial charge on any atom is -0.487 e. The Hall–Kier alpha value is -2.09. The normalized spacial score (nSPS) is 10.6. The Morgan fingerprint density at radius 1 is 1.44 bits per heavy atom. The van der Waals surface area contributed by atoms with Crippen LogP contribution in [-0.4, -0.2) is 10.5 Å². The van der Waals surface area contributed by atoms with Crippen molar-refractivity contribution in [3.63, 3.8) is 0 Å². The lowest BCUT2D eigenvalue weighted by Crippen LogP contribution is -2.23. The molecule has 1 aromatic carbocycles. The maximum Gasteiger partial charge on any atom is 0.271 e. The number of hydrogen-bond acceptors (Lipinski definition) is 4. The first-order valence-corrected chi connectivity index (χ1v) is 4.71. The van der Waals surface area contributed by atoms with Crippen molar-refractivity contribution in [3.05, 3.63) is 33.9 Å². The number of nitrogens with zero attached hydrogens (tertiary/aromatic N) is 2. The zero-order valence-electron chi connectivity index (χ0n) is 9.35. The SMILES string of the molecule is CC(C)(C)Oc1ccc([N+](=O)[O-])cc1C#N. The molecule has 0 N–H and O–H groups in total. The topological polar surface area (TPSA) is 76.2 Å². The maximum absolute atomic E-state index is 10.5. The van der Waals surface area contributed by atoms with E-state index in [1.165, 1.54) is 18.2 Å². The van der Waals surface area contributed by atoms with Gasteiger partial charge in [-0.15, -0.1) is 0 Å². The zero-order chi connectivity index (χ0) is 12.3. The lowest BCUT2D eigenvalue weighted by Gasteiger charge is -2.21. The van der Waals surface area contributed by atoms with Gasteiger partial charge in [-0.1, -0.05) is 0 Å². The third kappa shape index (κ3) is 2.95. The Morgan fingerprint density at radius 3 is 2.50 bits per heavy atom. The lowest BCUT2D eigenvalue weighted by molar-refractivity contribution is -0.384. The second kappa shape index (κ2) is 4.19. The van der Waals surface area contributed by atoms with Crippen molar-refractivity contribution >= 4 is 5.69 Å². The van der Waals surface area contributed by atoms with Crippen molar-refractivity contribution < 1.29 is 9.66 Å². The molecule has 0 saturated carbocycles. The average Bonchev–Trinajstić information content (AvgIpc) is 2.15. The quantitative estimate of drug-likeness (QED) is 0.567. The van der Waals surface area contributed by atoms with Gasteiger partial charge in [0, 0.05) is 12.1 Å². The predicted molar refractivity (Wildman–Crippen MR) is 58.2 cm³/mol. The van der Waals surface area contributed by atoms with Crippen LogP contribution in [0.25, 0.3) is 0 Å². The first-order valence-electron chi connectivity index (χ1n) is 4.71. The first kappa shape index (κ1) is 12.0. The summed E-state index contributed by atoms with van der Waals surface area (Å²) in [4.78, 5) is 9.98. The number of hydrogen-bond donors (Lipinski definition) is 0. The summed E-state index contributed by atoms with van der Waals surface area (Å²) in [6.07, 6.45) is 0. The smallest absolute Gasteiger partial charge is 0.271 e. The number of ether oxygens (including phenoxy) is 1. The van der Waals surface area contributed by atoms with Crippen molar-refractivity contribution in [3.8, 4) is 11.8 Å². The summed E-state index contributed by atoms with van der Waals surface area (Å²) in [5.41, 5.74) is -0.385. The average molecular weight is 220 g/mol. The summed E-state index contributed by atoms with van der Waals surface area (Å²) in [5.74, 6) is 0.362. The van der Waals surface area contributed by atoms with Gasteiger partial charge in [-0.25, -0.2) is 0 Å². The third-order valence-corrected chi connectivity index (χ3v) is 1.71. The van der Waals surface area contributed by atoms with E-state index in [1.807, 2.05) is 26.8 Å². The van der Waals surface area contributed by atoms with Crippen LogP contribution >= 0.6 is 0 Å². The summed E-state index contributed by atoms with van der Waals surface area (Å²) in [7, 11) is 0. The fourth-order valence-electron chi connectivity index (χ4n) is 1.14. The largest absolute Gasteiger partial charge is 0.487 e. The van der Waals surface area contributed by atoms with Crippen LogP contribution in [0.1, 0.15) is 26.3 Å². The van der Waals surface area contributed by atoms with Crippen LogP contribution in [0.2, 0.25) is 0 Å². The highest BCUT2D eigenvalue weighted by Crippen LogP contribution is 2.26. The molecule has 0 unspecified atom stereocenters. The van der Waals surface area contributed by atoms with E-state index in [0.717, 1.165) is 0 Å². The number of nitro groups is 1. The Balaban J connectivity index is 3.14. The molecule has 0 fully saturated rings. The fraction of sp³-hybridized carbons (Fsp3) is 0.364. The summed E-state index contributed by atoms with van der Waals surface area (Å²) in [6.45, 7) is 5.53. The van der Waals surface area contributed by atoms with Crippen molar-refractivity contribution in [1.82, 2.24) is 0 Å². The van der Waals surface area contributed by atoms with Gasteiger partial charge in [-0.2, -0.15) is 5.26 Å². The molecule has 0 bridgehead atoms. The third-order valence-electron chi connectivity index (χ3n) is 1.71. The minimum atomic E-state index is -0.540. The van der Waals surface area contributed by atoms with Gasteiger partial charge in [-0.3, -0.25) is 10.1 Å². The Bertz CT molecular complexity index is 455. The summed E-state index contributed by atoms with van der Waals surface area (Å²) in [5, 5.41) is 19.4. The Kier molecular flexibility index (Phi) is 3.14. The second-order valence-corrected chi connectivity index (χ2v) is 4.26. The van der Waals surface area contributed by atoms with E-state index in [-0.39, 0.29) is 11.3 Å². The lowest BCUT2D eigenvalue weighted by atomic mass is 10.1. The van der Waals surface area contributed by atoms with E-state index < -0.39 is 10.5 Å². The summed E-state index contributed by atoms with van der Waals surface area (Å²) < 4.78 is 5.51. The van der Waals surface area contributed by atoms with Gasteiger partial charge in [-0.05, 0) is 26.8 Å². The van der Waals surface area contributed by atoms with E-state index in [9.17, 15) is 10.1 Å². The van der Waals surface area contributed by atoms with Crippen LogP contribution in [0, 0.1) is 21.4 Å². The van der Waals surface area contributed by atoms with E-state index in [0.29, 0.717) is 5.75 Å². The molecule has 0 heterocycles. The first-order chi connectivity index (χ1) is 7.33. The zero-order valence-corrected chi connectivity index (χ0v) is 9.35. The molecule has 5 heteroatoms. The van der Waals surface area contributed by atoms with Crippen LogP contribution in [0.3, 0.4) is 0 Å². The molecule has 0 spiro atoms. The molecule has 0 aliphatic carbocycles. The molecule has 0 aliphatic rings. The van der Waals surface area contributed by atoms with E-state index in [4.69, 9.17) is 10.00 Å². The molecule has 5 nitrogen and oxygen atoms in total. The van der Waals surface area contributed by atoms with Gasteiger partial charge >= 0.3 is 0 Å². The van der Waals surface area contributed by atoms with Gasteiger partial charge < -0.3 is 4.74 Å². The molecular weight excluding hydrogens is 208 g/mol. The van der Waals surface area contributed by atoms with Crippen molar-refractivity contribution in [2.24, 2.45) is 0 Å². The molecule has 84 valence electrons. The number of nitriles is 1. The second-order valence-electron chi connectivity index (χ2n) is 4.26. The molecule has 0 aromatic heterocycles. The number of nitro benzene ring substituents is 1. The van der Waals surface area contributed by atoms with Crippen LogP contribution in [-0.2, 0) is 0 Å². The van der Waals surface area contributed by atoms with Crippen LogP contribution < -0.4 is 4.74 Å². The highest BCUT2D eigenvalue weighted by Gasteiger charge is 2.17. The van der Waals surface area contributed by atoms with Gasteiger partial charge in [0.05, 0.1) is 4.92 Å². The summed E-state index contributed by atoms with van der Waals surface area (Å²) in [6, 6.07) is 5.86. The van der Waals surface area contributed by atoms with Gasteiger partial charge in [0.2, 0.25) is 0 Å². The van der Waals surface area contributed by atoms with E-state index >= 15 is 0 Å². The van der Waals surface area contributed by atoms with Crippen molar-refractivity contribution in [2.75, 3.05) is 0 Å². The Labute approximate surface area is 93.4 Å². The van der Waals surface area contributed by atoms with Crippen molar-refractivity contribution in [1.29, 1.82) is 5.26 Å². The fourth-order valence-corrected chi connectivity index (χ4v) is 1.14. The van der Waals surface area contributed by atoms with Crippen LogP contribution in [0.15, 0.2) is 18.2 Å². The molecule has 16 heavy (non-hydrogen) atoms. The van der Waals surface area contributed by atoms with Gasteiger partial charge in [0.15, 0.2) is 0 Å².